The van der Waals surface area contributed by atoms with E-state index in [2.05, 4.69) is 51.3 Å². The molecule has 3 rings (SSSR count). The Hall–Kier alpha value is -2.43. The van der Waals surface area contributed by atoms with E-state index in [4.69, 9.17) is 17.0 Å². The number of ether oxygens (including phenoxy) is 1. The summed E-state index contributed by atoms with van der Waals surface area (Å²) < 4.78 is 5.71. The Morgan fingerprint density at radius 2 is 2.12 bits per heavy atom. The fourth-order valence-corrected chi connectivity index (χ4v) is 5.37. The van der Waals surface area contributed by atoms with Crippen LogP contribution in [0.5, 0.6) is 5.75 Å². The van der Waals surface area contributed by atoms with Crippen LogP contribution in [0.3, 0.4) is 0 Å². The zero-order valence-electron chi connectivity index (χ0n) is 19.4. The predicted molar refractivity (Wildman–Crippen MR) is 134 cm³/mol. The number of benzene rings is 1. The van der Waals surface area contributed by atoms with E-state index in [1.54, 1.807) is 29.5 Å². The second kappa shape index (κ2) is 10.0. The highest BCUT2D eigenvalue weighted by molar-refractivity contribution is 7.80. The molecule has 1 aliphatic carbocycles. The van der Waals surface area contributed by atoms with Crippen LogP contribution in [0.15, 0.2) is 24.3 Å². The van der Waals surface area contributed by atoms with Crippen molar-refractivity contribution in [3.8, 4) is 11.8 Å². The average Bonchev–Trinajstić information content (AvgIpc) is 3.07. The van der Waals surface area contributed by atoms with E-state index in [9.17, 15) is 10.1 Å². The van der Waals surface area contributed by atoms with E-state index in [-0.39, 0.29) is 16.4 Å². The Kier molecular flexibility index (Phi) is 7.58. The van der Waals surface area contributed by atoms with Crippen LogP contribution < -0.4 is 15.4 Å². The van der Waals surface area contributed by atoms with Crippen molar-refractivity contribution in [1.29, 1.82) is 5.26 Å². The number of hydrogen-bond acceptors (Lipinski definition) is 5. The summed E-state index contributed by atoms with van der Waals surface area (Å²) in [6, 6.07) is 9.38. The molecule has 0 fully saturated rings. The molecule has 0 saturated carbocycles. The molecule has 7 heteroatoms. The fourth-order valence-electron chi connectivity index (χ4n) is 3.83. The van der Waals surface area contributed by atoms with Crippen LogP contribution in [-0.2, 0) is 12.8 Å². The lowest BCUT2D eigenvalue weighted by molar-refractivity contribution is 0.0977. The lowest BCUT2D eigenvalue weighted by Gasteiger charge is -2.33. The Labute approximate surface area is 200 Å². The number of anilines is 1. The van der Waals surface area contributed by atoms with Crippen molar-refractivity contribution in [1.82, 2.24) is 5.32 Å². The molecule has 1 amide bonds. The molecule has 0 aliphatic heterocycles. The molecule has 2 aromatic rings. The van der Waals surface area contributed by atoms with Gasteiger partial charge in [-0.05, 0) is 72.5 Å². The van der Waals surface area contributed by atoms with Crippen molar-refractivity contribution in [3.05, 3.63) is 45.8 Å². The van der Waals surface area contributed by atoms with Crippen LogP contribution in [0.1, 0.15) is 67.4 Å². The van der Waals surface area contributed by atoms with Gasteiger partial charge in [0.05, 0.1) is 12.2 Å². The van der Waals surface area contributed by atoms with Gasteiger partial charge in [-0.2, -0.15) is 5.26 Å². The van der Waals surface area contributed by atoms with E-state index < -0.39 is 0 Å². The first kappa shape index (κ1) is 24.2. The average molecular weight is 470 g/mol. The topological polar surface area (TPSA) is 74.2 Å². The highest BCUT2D eigenvalue weighted by Gasteiger charge is 2.32. The molecule has 0 spiro atoms. The summed E-state index contributed by atoms with van der Waals surface area (Å²) in [6.07, 6.45) is 2.96. The predicted octanol–water partition coefficient (Wildman–Crippen LogP) is 5.93. The van der Waals surface area contributed by atoms with Crippen LogP contribution in [-0.4, -0.2) is 17.6 Å². The molecule has 32 heavy (non-hydrogen) atoms. The number of fused-ring (bicyclic) bond motifs is 1. The number of carbonyl (C=O) groups is 1. The highest BCUT2D eigenvalue weighted by Crippen LogP contribution is 2.43. The van der Waals surface area contributed by atoms with Gasteiger partial charge in [-0.25, -0.2) is 0 Å². The molecule has 1 atom stereocenters. The maximum absolute atomic E-state index is 12.7. The molecule has 1 aromatic carbocycles. The third-order valence-corrected chi connectivity index (χ3v) is 7.11. The fraction of sp³-hybridized carbons (Fsp3) is 0.480. The quantitative estimate of drug-likeness (QED) is 0.531. The molecule has 0 bridgehead atoms. The number of hydrogen-bond donors (Lipinski definition) is 2. The van der Waals surface area contributed by atoms with E-state index in [1.807, 2.05) is 6.07 Å². The van der Waals surface area contributed by atoms with E-state index in [1.165, 1.54) is 4.88 Å². The van der Waals surface area contributed by atoms with E-state index in [0.717, 1.165) is 24.8 Å². The lowest BCUT2D eigenvalue weighted by Crippen LogP contribution is -2.34. The van der Waals surface area contributed by atoms with E-state index in [0.29, 0.717) is 40.3 Å². The number of amides is 1. The number of thiophene rings is 1. The third kappa shape index (κ3) is 5.87. The summed E-state index contributed by atoms with van der Waals surface area (Å²) >= 11 is 6.96. The molecule has 0 unspecified atom stereocenters. The molecule has 5 nitrogen and oxygen atoms in total. The summed E-state index contributed by atoms with van der Waals surface area (Å²) in [5, 5.41) is 16.5. The maximum Gasteiger partial charge on any atom is 0.257 e. The lowest BCUT2D eigenvalue weighted by atomic mass is 9.72. The smallest absolute Gasteiger partial charge is 0.257 e. The van der Waals surface area contributed by atoms with Crippen molar-refractivity contribution in [2.24, 2.45) is 17.3 Å². The third-order valence-electron chi connectivity index (χ3n) is 5.74. The van der Waals surface area contributed by atoms with E-state index >= 15 is 0 Å². The summed E-state index contributed by atoms with van der Waals surface area (Å²) in [5.74, 6) is 1.32. The SMILES string of the molecule is CC(C)COc1cccc(C(=O)NC(=S)Nc2sc3c(c2C#N)CC[C@@H](C(C)(C)C)C3)c1. The second-order valence-electron chi connectivity index (χ2n) is 9.77. The highest BCUT2D eigenvalue weighted by atomic mass is 32.1. The van der Waals surface area contributed by atoms with Crippen LogP contribution in [0.2, 0.25) is 0 Å². The van der Waals surface area contributed by atoms with Gasteiger partial charge in [0.1, 0.15) is 16.8 Å². The zero-order chi connectivity index (χ0) is 23.5. The minimum absolute atomic E-state index is 0.186. The zero-order valence-corrected chi connectivity index (χ0v) is 21.0. The number of nitrogens with zero attached hydrogens (tertiary/aromatic N) is 1. The molecule has 0 saturated heterocycles. The van der Waals surface area contributed by atoms with Crippen LogP contribution in [0.25, 0.3) is 0 Å². The van der Waals surface area contributed by atoms with Gasteiger partial charge in [-0.3, -0.25) is 10.1 Å². The van der Waals surface area contributed by atoms with Crippen molar-refractivity contribution in [2.45, 2.75) is 53.9 Å². The Morgan fingerprint density at radius 1 is 1.38 bits per heavy atom. The number of nitriles is 1. The summed E-state index contributed by atoms with van der Waals surface area (Å²) in [6.45, 7) is 11.5. The number of nitrogens with one attached hydrogen (secondary N) is 2. The first-order chi connectivity index (χ1) is 15.1. The van der Waals surface area contributed by atoms with Crippen molar-refractivity contribution >= 4 is 39.6 Å². The molecule has 1 aromatic heterocycles. The summed E-state index contributed by atoms with van der Waals surface area (Å²) in [5.41, 5.74) is 2.48. The first-order valence-corrected chi connectivity index (χ1v) is 12.2. The van der Waals surface area contributed by atoms with Gasteiger partial charge in [0.15, 0.2) is 5.11 Å². The van der Waals surface area contributed by atoms with Gasteiger partial charge < -0.3 is 10.1 Å². The van der Waals surface area contributed by atoms with Crippen molar-refractivity contribution in [2.75, 3.05) is 11.9 Å². The molecule has 1 aliphatic rings. The Bertz CT molecular complexity index is 1040. The van der Waals surface area contributed by atoms with Crippen LogP contribution >= 0.6 is 23.6 Å². The molecule has 1 heterocycles. The standard InChI is InChI=1S/C25H31N3O2S2/c1-15(2)14-30-18-8-6-7-16(11-18)22(29)27-24(31)28-23-20(13-26)19-10-9-17(25(3,4)5)12-21(19)32-23/h6-8,11,15,17H,9-10,12,14H2,1-5H3,(H2,27,28,29,31)/t17-/m1/s1. The number of rotatable bonds is 5. The number of thiocarbonyl (C=S) groups is 1. The molecular weight excluding hydrogens is 438 g/mol. The minimum Gasteiger partial charge on any atom is -0.493 e. The molecular formula is C25H31N3O2S2. The van der Waals surface area contributed by atoms with Gasteiger partial charge in [0.2, 0.25) is 0 Å². The molecule has 0 radical (unpaired) electrons. The monoisotopic (exact) mass is 469 g/mol. The normalized spacial score (nSPS) is 15.6. The van der Waals surface area contributed by atoms with Crippen LogP contribution in [0.4, 0.5) is 5.00 Å². The summed E-state index contributed by atoms with van der Waals surface area (Å²) in [7, 11) is 0. The van der Waals surface area contributed by atoms with Gasteiger partial charge in [-0.15, -0.1) is 11.3 Å². The van der Waals surface area contributed by atoms with Crippen molar-refractivity contribution in [3.63, 3.8) is 0 Å². The van der Waals surface area contributed by atoms with Crippen LogP contribution in [0, 0.1) is 28.6 Å². The summed E-state index contributed by atoms with van der Waals surface area (Å²) in [4.78, 5) is 13.9. The van der Waals surface area contributed by atoms with Gasteiger partial charge in [0, 0.05) is 10.4 Å². The van der Waals surface area contributed by atoms with Gasteiger partial charge in [0.25, 0.3) is 5.91 Å². The largest absolute Gasteiger partial charge is 0.493 e. The Balaban J connectivity index is 1.68. The van der Waals surface area contributed by atoms with Gasteiger partial charge in [-0.1, -0.05) is 40.7 Å². The Morgan fingerprint density at radius 3 is 2.78 bits per heavy atom. The first-order valence-electron chi connectivity index (χ1n) is 11.0. The number of carbonyl (C=O) groups excluding carboxylic acids is 1. The molecule has 170 valence electrons. The maximum atomic E-state index is 12.7. The minimum atomic E-state index is -0.315. The second-order valence-corrected chi connectivity index (χ2v) is 11.3. The van der Waals surface area contributed by atoms with Gasteiger partial charge >= 0.3 is 0 Å². The molecule has 2 N–H and O–H groups in total. The van der Waals surface area contributed by atoms with Crippen molar-refractivity contribution < 1.29 is 9.53 Å².